The standard InChI is InChI=1S/C13H23N3O3/c1-2-12(17)15-10-3-6-16(7-4-10)13(18)11-9-19-8-5-14-11/h10-11,14H,2-9H2,1H3,(H,15,17). The van der Waals surface area contributed by atoms with Crippen LogP contribution in [0.5, 0.6) is 0 Å². The second-order valence-corrected chi connectivity index (χ2v) is 5.10. The molecule has 0 saturated carbocycles. The Labute approximate surface area is 113 Å². The lowest BCUT2D eigenvalue weighted by atomic mass is 10.0. The summed E-state index contributed by atoms with van der Waals surface area (Å²) in [5.74, 6) is 0.215. The van der Waals surface area contributed by atoms with Crippen LogP contribution in [0.3, 0.4) is 0 Å². The monoisotopic (exact) mass is 269 g/mol. The molecular formula is C13H23N3O3. The molecule has 2 heterocycles. The Kier molecular flexibility index (Phi) is 5.15. The minimum atomic E-state index is -0.199. The van der Waals surface area contributed by atoms with Gasteiger partial charge in [-0.2, -0.15) is 0 Å². The van der Waals surface area contributed by atoms with Gasteiger partial charge in [0.15, 0.2) is 0 Å². The largest absolute Gasteiger partial charge is 0.378 e. The molecule has 1 atom stereocenters. The molecule has 0 aliphatic carbocycles. The summed E-state index contributed by atoms with van der Waals surface area (Å²) in [6, 6.07) is 0.0163. The van der Waals surface area contributed by atoms with Crippen LogP contribution in [-0.4, -0.2) is 61.6 Å². The van der Waals surface area contributed by atoms with Gasteiger partial charge in [-0.15, -0.1) is 0 Å². The van der Waals surface area contributed by atoms with Gasteiger partial charge >= 0.3 is 0 Å². The molecule has 2 fully saturated rings. The lowest BCUT2D eigenvalue weighted by Crippen LogP contribution is -2.55. The first-order valence-corrected chi connectivity index (χ1v) is 7.10. The summed E-state index contributed by atoms with van der Waals surface area (Å²) in [6.45, 7) is 5.15. The molecule has 2 rings (SSSR count). The number of piperidine rings is 1. The first-order valence-electron chi connectivity index (χ1n) is 7.10. The SMILES string of the molecule is CCC(=O)NC1CCN(C(=O)C2COCCN2)CC1. The number of rotatable bonds is 3. The van der Waals surface area contributed by atoms with Crippen molar-refractivity contribution in [1.82, 2.24) is 15.5 Å². The van der Waals surface area contributed by atoms with Crippen molar-refractivity contribution in [2.75, 3.05) is 32.8 Å². The third-order valence-electron chi connectivity index (χ3n) is 3.71. The van der Waals surface area contributed by atoms with Gasteiger partial charge in [-0.25, -0.2) is 0 Å². The lowest BCUT2D eigenvalue weighted by Gasteiger charge is -2.35. The smallest absolute Gasteiger partial charge is 0.242 e. The summed E-state index contributed by atoms with van der Waals surface area (Å²) in [5, 5.41) is 6.17. The predicted octanol–water partition coefficient (Wildman–Crippen LogP) is -0.508. The molecule has 2 N–H and O–H groups in total. The maximum absolute atomic E-state index is 12.2. The molecule has 6 heteroatoms. The van der Waals surface area contributed by atoms with Crippen LogP contribution in [0.4, 0.5) is 0 Å². The number of carbonyl (C=O) groups excluding carboxylic acids is 2. The van der Waals surface area contributed by atoms with Crippen molar-refractivity contribution >= 4 is 11.8 Å². The normalized spacial score (nSPS) is 25.1. The Bertz CT molecular complexity index is 321. The molecule has 0 aromatic heterocycles. The average molecular weight is 269 g/mol. The van der Waals surface area contributed by atoms with Crippen LogP contribution in [-0.2, 0) is 14.3 Å². The van der Waals surface area contributed by atoms with Crippen LogP contribution < -0.4 is 10.6 Å². The summed E-state index contributed by atoms with van der Waals surface area (Å²) in [5.41, 5.74) is 0. The number of hydrogen-bond acceptors (Lipinski definition) is 4. The lowest BCUT2D eigenvalue weighted by molar-refractivity contribution is -0.137. The van der Waals surface area contributed by atoms with Gasteiger partial charge in [-0.3, -0.25) is 9.59 Å². The molecule has 2 amide bonds. The molecule has 2 aliphatic rings. The van der Waals surface area contributed by atoms with Crippen molar-refractivity contribution in [3.63, 3.8) is 0 Å². The highest BCUT2D eigenvalue weighted by molar-refractivity contribution is 5.82. The number of hydrogen-bond donors (Lipinski definition) is 2. The number of likely N-dealkylation sites (tertiary alicyclic amines) is 1. The first-order chi connectivity index (χ1) is 9.20. The fraction of sp³-hybridized carbons (Fsp3) is 0.846. The highest BCUT2D eigenvalue weighted by Crippen LogP contribution is 2.12. The van der Waals surface area contributed by atoms with Crippen molar-refractivity contribution in [2.24, 2.45) is 0 Å². The highest BCUT2D eigenvalue weighted by atomic mass is 16.5. The Hall–Kier alpha value is -1.14. The molecule has 19 heavy (non-hydrogen) atoms. The number of carbonyl (C=O) groups is 2. The Balaban J connectivity index is 1.76. The quantitative estimate of drug-likeness (QED) is 0.724. The van der Waals surface area contributed by atoms with Gasteiger partial charge in [0.25, 0.3) is 0 Å². The van der Waals surface area contributed by atoms with E-state index in [1.165, 1.54) is 0 Å². The van der Waals surface area contributed by atoms with E-state index >= 15 is 0 Å². The van der Waals surface area contributed by atoms with Crippen LogP contribution in [0.1, 0.15) is 26.2 Å². The molecule has 0 aromatic carbocycles. The minimum absolute atomic E-state index is 0.0899. The molecular weight excluding hydrogens is 246 g/mol. The Morgan fingerprint density at radius 1 is 1.37 bits per heavy atom. The van der Waals surface area contributed by atoms with E-state index in [-0.39, 0.29) is 23.9 Å². The maximum Gasteiger partial charge on any atom is 0.242 e. The number of nitrogens with zero attached hydrogens (tertiary/aromatic N) is 1. The van der Waals surface area contributed by atoms with Gasteiger partial charge in [0.05, 0.1) is 13.2 Å². The molecule has 0 spiro atoms. The van der Waals surface area contributed by atoms with Gasteiger partial charge < -0.3 is 20.3 Å². The summed E-state index contributed by atoms with van der Waals surface area (Å²) in [4.78, 5) is 25.4. The molecule has 108 valence electrons. The first kappa shape index (κ1) is 14.3. The van der Waals surface area contributed by atoms with E-state index in [1.54, 1.807) is 0 Å². The van der Waals surface area contributed by atoms with E-state index < -0.39 is 0 Å². The van der Waals surface area contributed by atoms with Crippen molar-refractivity contribution in [3.8, 4) is 0 Å². The summed E-state index contributed by atoms with van der Waals surface area (Å²) < 4.78 is 5.32. The van der Waals surface area contributed by atoms with Gasteiger partial charge in [0.2, 0.25) is 11.8 Å². The molecule has 2 aliphatic heterocycles. The predicted molar refractivity (Wildman–Crippen MR) is 70.6 cm³/mol. The van der Waals surface area contributed by atoms with Gasteiger partial charge in [-0.05, 0) is 12.8 Å². The summed E-state index contributed by atoms with van der Waals surface area (Å²) in [7, 11) is 0. The number of morpholine rings is 1. The topological polar surface area (TPSA) is 70.7 Å². The fourth-order valence-corrected chi connectivity index (χ4v) is 2.52. The molecule has 0 radical (unpaired) electrons. The third-order valence-corrected chi connectivity index (χ3v) is 3.71. The zero-order valence-electron chi connectivity index (χ0n) is 11.5. The Morgan fingerprint density at radius 2 is 2.11 bits per heavy atom. The van der Waals surface area contributed by atoms with Crippen molar-refractivity contribution in [2.45, 2.75) is 38.3 Å². The van der Waals surface area contributed by atoms with E-state index in [9.17, 15) is 9.59 Å². The van der Waals surface area contributed by atoms with E-state index in [2.05, 4.69) is 10.6 Å². The minimum Gasteiger partial charge on any atom is -0.378 e. The second-order valence-electron chi connectivity index (χ2n) is 5.10. The second kappa shape index (κ2) is 6.86. The fourth-order valence-electron chi connectivity index (χ4n) is 2.52. The van der Waals surface area contributed by atoms with Crippen LogP contribution in [0.25, 0.3) is 0 Å². The zero-order valence-corrected chi connectivity index (χ0v) is 11.5. The van der Waals surface area contributed by atoms with Crippen molar-refractivity contribution in [1.29, 1.82) is 0 Å². The number of nitrogens with one attached hydrogen (secondary N) is 2. The van der Waals surface area contributed by atoms with E-state index in [0.29, 0.717) is 32.7 Å². The number of amides is 2. The highest BCUT2D eigenvalue weighted by Gasteiger charge is 2.29. The van der Waals surface area contributed by atoms with Crippen LogP contribution in [0.15, 0.2) is 0 Å². The zero-order chi connectivity index (χ0) is 13.7. The van der Waals surface area contributed by atoms with Gasteiger partial charge in [-0.1, -0.05) is 6.92 Å². The molecule has 0 aromatic rings. The average Bonchev–Trinajstić information content (AvgIpc) is 2.48. The molecule has 1 unspecified atom stereocenters. The van der Waals surface area contributed by atoms with Gasteiger partial charge in [0.1, 0.15) is 6.04 Å². The molecule has 0 bridgehead atoms. The third kappa shape index (κ3) is 3.91. The van der Waals surface area contributed by atoms with E-state index in [4.69, 9.17) is 4.74 Å². The van der Waals surface area contributed by atoms with Crippen molar-refractivity contribution < 1.29 is 14.3 Å². The molecule has 6 nitrogen and oxygen atoms in total. The summed E-state index contributed by atoms with van der Waals surface area (Å²) in [6.07, 6.45) is 2.19. The van der Waals surface area contributed by atoms with E-state index in [0.717, 1.165) is 19.4 Å². The van der Waals surface area contributed by atoms with Crippen LogP contribution in [0.2, 0.25) is 0 Å². The van der Waals surface area contributed by atoms with Crippen molar-refractivity contribution in [3.05, 3.63) is 0 Å². The van der Waals surface area contributed by atoms with Gasteiger partial charge in [0, 0.05) is 32.1 Å². The summed E-state index contributed by atoms with van der Waals surface area (Å²) >= 11 is 0. The molecule has 2 saturated heterocycles. The van der Waals surface area contributed by atoms with Crippen LogP contribution >= 0.6 is 0 Å². The van der Waals surface area contributed by atoms with Crippen LogP contribution in [0, 0.1) is 0 Å². The van der Waals surface area contributed by atoms with E-state index in [1.807, 2.05) is 11.8 Å². The maximum atomic E-state index is 12.2. The Morgan fingerprint density at radius 3 is 2.68 bits per heavy atom. The number of ether oxygens (including phenoxy) is 1.